The molecule has 0 aliphatic carbocycles. The molecule has 9 heteroatoms. The molecular weight excluding hydrogens is 357 g/mol. The number of furan rings is 1. The summed E-state index contributed by atoms with van der Waals surface area (Å²) in [5, 5.41) is 11.3. The molecule has 144 valence electrons. The predicted molar refractivity (Wildman–Crippen MR) is 95.9 cm³/mol. The highest BCUT2D eigenvalue weighted by atomic mass is 19.1. The van der Waals surface area contributed by atoms with Crippen LogP contribution in [0.3, 0.4) is 0 Å². The van der Waals surface area contributed by atoms with Crippen LogP contribution in [0.1, 0.15) is 21.9 Å². The van der Waals surface area contributed by atoms with Gasteiger partial charge in [-0.1, -0.05) is 0 Å². The van der Waals surface area contributed by atoms with E-state index in [0.29, 0.717) is 43.3 Å². The van der Waals surface area contributed by atoms with Gasteiger partial charge in [0.15, 0.2) is 11.6 Å². The van der Waals surface area contributed by atoms with Crippen molar-refractivity contribution in [1.29, 1.82) is 0 Å². The predicted octanol–water partition coefficient (Wildman–Crippen LogP) is 2.91. The van der Waals surface area contributed by atoms with Crippen LogP contribution >= 0.6 is 0 Å². The number of aryl methyl sites for hydroxylation is 2. The van der Waals surface area contributed by atoms with E-state index in [0.717, 1.165) is 6.07 Å². The zero-order chi connectivity index (χ0) is 19.7. The fourth-order valence-electron chi connectivity index (χ4n) is 3.25. The van der Waals surface area contributed by atoms with Crippen molar-refractivity contribution in [2.24, 2.45) is 0 Å². The molecule has 3 rings (SSSR count). The standard InChI is InChI=1S/C18H20FN3O5/c1-11-8-13(12(2)27-11)18(23)21-6-4-20(5-7-21)15-10-17(26-3)14(19)9-16(15)22(24)25/h8-10H,4-7H2,1-3H3. The van der Waals surface area contributed by atoms with Gasteiger partial charge in [-0.05, 0) is 19.9 Å². The number of piperazine rings is 1. The van der Waals surface area contributed by atoms with Crippen molar-refractivity contribution < 1.29 is 23.3 Å². The summed E-state index contributed by atoms with van der Waals surface area (Å²) in [6, 6.07) is 3.90. The minimum absolute atomic E-state index is 0.0568. The Morgan fingerprint density at radius 3 is 2.41 bits per heavy atom. The molecule has 1 aliphatic heterocycles. The van der Waals surface area contributed by atoms with Gasteiger partial charge >= 0.3 is 0 Å². The third kappa shape index (κ3) is 3.57. The summed E-state index contributed by atoms with van der Waals surface area (Å²) < 4.78 is 24.2. The van der Waals surface area contributed by atoms with E-state index in [4.69, 9.17) is 9.15 Å². The number of nitrogens with zero attached hydrogens (tertiary/aromatic N) is 3. The number of carbonyl (C=O) groups excluding carboxylic acids is 1. The Labute approximate surface area is 155 Å². The molecule has 1 aromatic carbocycles. The van der Waals surface area contributed by atoms with Gasteiger partial charge in [-0.25, -0.2) is 4.39 Å². The summed E-state index contributed by atoms with van der Waals surface area (Å²) in [6.45, 7) is 5.07. The van der Waals surface area contributed by atoms with Gasteiger partial charge in [-0.15, -0.1) is 0 Å². The van der Waals surface area contributed by atoms with E-state index in [-0.39, 0.29) is 23.0 Å². The molecule has 0 atom stereocenters. The lowest BCUT2D eigenvalue weighted by Gasteiger charge is -2.35. The van der Waals surface area contributed by atoms with Crippen molar-refractivity contribution in [3.63, 3.8) is 0 Å². The van der Waals surface area contributed by atoms with E-state index in [1.54, 1.807) is 29.7 Å². The first-order valence-electron chi connectivity index (χ1n) is 8.45. The maximum absolute atomic E-state index is 13.8. The largest absolute Gasteiger partial charge is 0.494 e. The van der Waals surface area contributed by atoms with Gasteiger partial charge in [0.1, 0.15) is 17.2 Å². The minimum Gasteiger partial charge on any atom is -0.494 e. The van der Waals surface area contributed by atoms with Gasteiger partial charge in [-0.2, -0.15) is 0 Å². The number of anilines is 1. The van der Waals surface area contributed by atoms with Crippen LogP contribution in [0.4, 0.5) is 15.8 Å². The highest BCUT2D eigenvalue weighted by Crippen LogP contribution is 2.35. The van der Waals surface area contributed by atoms with Crippen LogP contribution in [0.5, 0.6) is 5.75 Å². The first-order valence-corrected chi connectivity index (χ1v) is 8.45. The molecule has 27 heavy (non-hydrogen) atoms. The fourth-order valence-corrected chi connectivity index (χ4v) is 3.25. The molecule has 0 saturated carbocycles. The normalized spacial score (nSPS) is 14.4. The molecular formula is C18H20FN3O5. The molecule has 1 saturated heterocycles. The summed E-state index contributed by atoms with van der Waals surface area (Å²) >= 11 is 0. The Morgan fingerprint density at radius 2 is 1.89 bits per heavy atom. The molecule has 8 nitrogen and oxygen atoms in total. The monoisotopic (exact) mass is 377 g/mol. The van der Waals surface area contributed by atoms with Crippen LogP contribution in [0.2, 0.25) is 0 Å². The van der Waals surface area contributed by atoms with Crippen molar-refractivity contribution >= 4 is 17.3 Å². The van der Waals surface area contributed by atoms with Gasteiger partial charge in [-0.3, -0.25) is 14.9 Å². The van der Waals surface area contributed by atoms with Gasteiger partial charge in [0, 0.05) is 32.2 Å². The molecule has 2 heterocycles. The molecule has 0 spiro atoms. The number of carbonyl (C=O) groups is 1. The number of hydrogen-bond donors (Lipinski definition) is 0. The average Bonchev–Trinajstić information content (AvgIpc) is 2.99. The second-order valence-corrected chi connectivity index (χ2v) is 6.34. The number of rotatable bonds is 4. The highest BCUT2D eigenvalue weighted by Gasteiger charge is 2.29. The second kappa shape index (κ2) is 7.26. The first kappa shape index (κ1) is 18.7. The maximum Gasteiger partial charge on any atom is 0.295 e. The number of halogens is 1. The van der Waals surface area contributed by atoms with Crippen molar-refractivity contribution in [2.45, 2.75) is 13.8 Å². The van der Waals surface area contributed by atoms with Crippen LogP contribution in [-0.2, 0) is 0 Å². The molecule has 0 radical (unpaired) electrons. The van der Waals surface area contributed by atoms with E-state index >= 15 is 0 Å². The fraction of sp³-hybridized carbons (Fsp3) is 0.389. The van der Waals surface area contributed by atoms with Crippen LogP contribution in [0.25, 0.3) is 0 Å². The van der Waals surface area contributed by atoms with Gasteiger partial charge in [0.05, 0.1) is 23.7 Å². The van der Waals surface area contributed by atoms with E-state index in [9.17, 15) is 19.3 Å². The lowest BCUT2D eigenvalue weighted by molar-refractivity contribution is -0.384. The number of nitro groups is 1. The Hall–Kier alpha value is -3.10. The van der Waals surface area contributed by atoms with Gasteiger partial charge in [0.25, 0.3) is 11.6 Å². The molecule has 1 amide bonds. The molecule has 0 unspecified atom stereocenters. The SMILES string of the molecule is COc1cc(N2CCN(C(=O)c3cc(C)oc3C)CC2)c([N+](=O)[O-])cc1F. The number of ether oxygens (including phenoxy) is 1. The summed E-state index contributed by atoms with van der Waals surface area (Å²) in [5.74, 6) is 0.267. The Morgan fingerprint density at radius 1 is 1.22 bits per heavy atom. The Kier molecular flexibility index (Phi) is 5.02. The molecule has 1 aromatic heterocycles. The Bertz CT molecular complexity index is 887. The number of methoxy groups -OCH3 is 1. The quantitative estimate of drug-likeness (QED) is 0.601. The zero-order valence-corrected chi connectivity index (χ0v) is 15.3. The Balaban J connectivity index is 1.78. The smallest absolute Gasteiger partial charge is 0.295 e. The van der Waals surface area contributed by atoms with Crippen molar-refractivity contribution in [2.75, 3.05) is 38.2 Å². The highest BCUT2D eigenvalue weighted by molar-refractivity contribution is 5.95. The van der Waals surface area contributed by atoms with E-state index in [1.165, 1.54) is 13.2 Å². The second-order valence-electron chi connectivity index (χ2n) is 6.34. The molecule has 0 N–H and O–H groups in total. The lowest BCUT2D eigenvalue weighted by atomic mass is 10.1. The van der Waals surface area contributed by atoms with E-state index < -0.39 is 10.7 Å². The first-order chi connectivity index (χ1) is 12.8. The summed E-state index contributed by atoms with van der Waals surface area (Å²) in [4.78, 5) is 26.8. The summed E-state index contributed by atoms with van der Waals surface area (Å²) in [6.07, 6.45) is 0. The maximum atomic E-state index is 13.8. The topological polar surface area (TPSA) is 89.1 Å². The molecule has 0 bridgehead atoms. The third-order valence-corrected chi connectivity index (χ3v) is 4.62. The lowest BCUT2D eigenvalue weighted by Crippen LogP contribution is -2.49. The van der Waals surface area contributed by atoms with Crippen molar-refractivity contribution in [3.05, 3.63) is 51.2 Å². The van der Waals surface area contributed by atoms with Crippen LogP contribution in [-0.4, -0.2) is 49.0 Å². The number of amides is 1. The molecule has 1 fully saturated rings. The van der Waals surface area contributed by atoms with Crippen LogP contribution < -0.4 is 9.64 Å². The van der Waals surface area contributed by atoms with Crippen molar-refractivity contribution in [1.82, 2.24) is 4.90 Å². The summed E-state index contributed by atoms with van der Waals surface area (Å²) in [5.41, 5.74) is 0.477. The van der Waals surface area contributed by atoms with E-state index in [2.05, 4.69) is 0 Å². The molecule has 2 aromatic rings. The average molecular weight is 377 g/mol. The van der Waals surface area contributed by atoms with E-state index in [1.807, 2.05) is 0 Å². The number of benzene rings is 1. The van der Waals surface area contributed by atoms with Gasteiger partial charge in [0.2, 0.25) is 0 Å². The zero-order valence-electron chi connectivity index (χ0n) is 15.3. The third-order valence-electron chi connectivity index (χ3n) is 4.62. The molecule has 1 aliphatic rings. The van der Waals surface area contributed by atoms with Crippen molar-refractivity contribution in [3.8, 4) is 5.75 Å². The van der Waals surface area contributed by atoms with Crippen LogP contribution in [0.15, 0.2) is 22.6 Å². The van der Waals surface area contributed by atoms with Gasteiger partial charge < -0.3 is 19.0 Å². The summed E-state index contributed by atoms with van der Waals surface area (Å²) in [7, 11) is 1.31. The number of hydrogen-bond acceptors (Lipinski definition) is 6. The number of nitro benzene ring substituents is 1. The minimum atomic E-state index is -0.785. The van der Waals surface area contributed by atoms with Crippen LogP contribution in [0, 0.1) is 29.8 Å².